The minimum absolute atomic E-state index is 0.00145. The zero-order valence-electron chi connectivity index (χ0n) is 18.3. The van der Waals surface area contributed by atoms with Crippen molar-refractivity contribution < 1.29 is 14.3 Å². The van der Waals surface area contributed by atoms with Crippen LogP contribution >= 0.6 is 11.6 Å². The average molecular weight is 462 g/mol. The number of aromatic nitrogens is 2. The number of para-hydroxylation sites is 2. The van der Waals surface area contributed by atoms with Gasteiger partial charge in [-0.1, -0.05) is 23.7 Å². The molecule has 6 nitrogen and oxygen atoms in total. The number of hydrogen-bond acceptors (Lipinski definition) is 4. The van der Waals surface area contributed by atoms with Gasteiger partial charge >= 0.3 is 0 Å². The lowest BCUT2D eigenvalue weighted by atomic mass is 10.1. The lowest BCUT2D eigenvalue weighted by Crippen LogP contribution is -2.24. The molecule has 3 aromatic carbocycles. The second kappa shape index (κ2) is 9.16. The highest BCUT2D eigenvalue weighted by Gasteiger charge is 2.34. The van der Waals surface area contributed by atoms with Crippen LogP contribution in [0, 0.1) is 0 Å². The summed E-state index contributed by atoms with van der Waals surface area (Å²) in [6.45, 7) is 1.71. The molecule has 0 spiro atoms. The lowest BCUT2D eigenvalue weighted by Gasteiger charge is -2.17. The van der Waals surface area contributed by atoms with E-state index < -0.39 is 0 Å². The smallest absolute Gasteiger partial charge is 0.227 e. The highest BCUT2D eigenvalue weighted by molar-refractivity contribution is 6.30. The Morgan fingerprint density at radius 1 is 1.00 bits per heavy atom. The van der Waals surface area contributed by atoms with Gasteiger partial charge < -0.3 is 18.9 Å². The number of hydrogen-bond donors (Lipinski definition) is 0. The number of halogens is 1. The van der Waals surface area contributed by atoms with Crippen molar-refractivity contribution in [2.45, 2.75) is 18.9 Å². The summed E-state index contributed by atoms with van der Waals surface area (Å²) in [5, 5.41) is 0.653. The second-order valence-corrected chi connectivity index (χ2v) is 8.45. The fourth-order valence-corrected chi connectivity index (χ4v) is 4.44. The van der Waals surface area contributed by atoms with Crippen LogP contribution in [0.25, 0.3) is 11.0 Å². The molecule has 0 N–H and O–H groups in total. The first-order chi connectivity index (χ1) is 16.1. The number of imidazole rings is 1. The van der Waals surface area contributed by atoms with Gasteiger partial charge in [-0.2, -0.15) is 0 Å². The molecular formula is C26H24ClN3O3. The molecule has 1 saturated heterocycles. The van der Waals surface area contributed by atoms with E-state index in [0.29, 0.717) is 31.1 Å². The molecule has 7 heteroatoms. The first-order valence-electron chi connectivity index (χ1n) is 10.9. The van der Waals surface area contributed by atoms with Crippen LogP contribution in [0.15, 0.2) is 72.8 Å². The van der Waals surface area contributed by atoms with E-state index in [0.717, 1.165) is 34.0 Å². The molecule has 0 bridgehead atoms. The van der Waals surface area contributed by atoms with Crippen LogP contribution in [0.5, 0.6) is 11.5 Å². The van der Waals surface area contributed by atoms with Crippen LogP contribution < -0.4 is 14.4 Å². The van der Waals surface area contributed by atoms with Gasteiger partial charge in [0.2, 0.25) is 5.91 Å². The van der Waals surface area contributed by atoms with Gasteiger partial charge in [-0.15, -0.1) is 0 Å². The summed E-state index contributed by atoms with van der Waals surface area (Å²) in [6, 6.07) is 23.0. The van der Waals surface area contributed by atoms with Gasteiger partial charge in [-0.25, -0.2) is 4.98 Å². The summed E-state index contributed by atoms with van der Waals surface area (Å²) in [7, 11) is 1.64. The maximum Gasteiger partial charge on any atom is 0.227 e. The molecule has 5 rings (SSSR count). The largest absolute Gasteiger partial charge is 0.497 e. The van der Waals surface area contributed by atoms with E-state index in [9.17, 15) is 4.79 Å². The molecule has 0 saturated carbocycles. The molecule has 0 aliphatic carbocycles. The molecule has 0 radical (unpaired) electrons. The van der Waals surface area contributed by atoms with Crippen LogP contribution in [0.2, 0.25) is 5.02 Å². The molecule has 2 heterocycles. The number of ether oxygens (including phenoxy) is 2. The molecule has 0 unspecified atom stereocenters. The van der Waals surface area contributed by atoms with E-state index in [-0.39, 0.29) is 11.8 Å². The zero-order valence-corrected chi connectivity index (χ0v) is 19.0. The molecular weight excluding hydrogens is 438 g/mol. The van der Waals surface area contributed by atoms with Crippen molar-refractivity contribution in [1.82, 2.24) is 9.55 Å². The summed E-state index contributed by atoms with van der Waals surface area (Å²) in [5.41, 5.74) is 2.83. The van der Waals surface area contributed by atoms with E-state index in [2.05, 4.69) is 10.6 Å². The average Bonchev–Trinajstić information content (AvgIpc) is 3.41. The van der Waals surface area contributed by atoms with Crippen LogP contribution in [-0.2, 0) is 11.3 Å². The summed E-state index contributed by atoms with van der Waals surface area (Å²) in [4.78, 5) is 19.6. The van der Waals surface area contributed by atoms with E-state index >= 15 is 0 Å². The molecule has 1 atom stereocenters. The normalized spacial score (nSPS) is 15.9. The standard InChI is InChI=1S/C26H24ClN3O3/c1-32-21-10-12-22(13-11-21)33-15-14-29-24-5-3-2-4-23(24)28-26(29)18-16-25(31)30(17-18)20-8-6-19(27)7-9-20/h2-13,18H,14-17H2,1H3/t18-/m0/s1. The quantitative estimate of drug-likeness (QED) is 0.375. The number of amides is 1. The third-order valence-electron chi connectivity index (χ3n) is 5.96. The minimum Gasteiger partial charge on any atom is -0.497 e. The molecule has 1 fully saturated rings. The monoisotopic (exact) mass is 461 g/mol. The van der Waals surface area contributed by atoms with Crippen LogP contribution in [0.4, 0.5) is 5.69 Å². The second-order valence-electron chi connectivity index (χ2n) is 8.02. The number of benzene rings is 3. The number of methoxy groups -OCH3 is 1. The van der Waals surface area contributed by atoms with Crippen molar-refractivity contribution in [3.8, 4) is 11.5 Å². The lowest BCUT2D eigenvalue weighted by molar-refractivity contribution is -0.117. The number of anilines is 1. The molecule has 1 amide bonds. The molecule has 1 aromatic heterocycles. The van der Waals surface area contributed by atoms with E-state index in [1.165, 1.54) is 0 Å². The minimum atomic E-state index is 0.00145. The van der Waals surface area contributed by atoms with Crippen molar-refractivity contribution in [3.63, 3.8) is 0 Å². The first kappa shape index (κ1) is 21.3. The maximum absolute atomic E-state index is 12.8. The van der Waals surface area contributed by atoms with Gasteiger partial charge in [0.25, 0.3) is 0 Å². The highest BCUT2D eigenvalue weighted by atomic mass is 35.5. The molecule has 1 aliphatic rings. The van der Waals surface area contributed by atoms with Crippen molar-refractivity contribution >= 4 is 34.2 Å². The van der Waals surface area contributed by atoms with Gasteiger partial charge in [0.15, 0.2) is 0 Å². The van der Waals surface area contributed by atoms with Crippen molar-refractivity contribution in [1.29, 1.82) is 0 Å². The Labute approximate surface area is 197 Å². The summed E-state index contributed by atoms with van der Waals surface area (Å²) < 4.78 is 13.4. The topological polar surface area (TPSA) is 56.6 Å². The Morgan fingerprint density at radius 2 is 1.73 bits per heavy atom. The van der Waals surface area contributed by atoms with Gasteiger partial charge in [0, 0.05) is 29.6 Å². The van der Waals surface area contributed by atoms with Crippen LogP contribution in [0.1, 0.15) is 18.2 Å². The Hall–Kier alpha value is -3.51. The zero-order chi connectivity index (χ0) is 22.8. The number of rotatable bonds is 7. The van der Waals surface area contributed by atoms with E-state index in [1.807, 2.05) is 71.6 Å². The number of carbonyl (C=O) groups is 1. The Balaban J connectivity index is 1.37. The third-order valence-corrected chi connectivity index (χ3v) is 6.21. The fraction of sp³-hybridized carbons (Fsp3) is 0.231. The first-order valence-corrected chi connectivity index (χ1v) is 11.3. The van der Waals surface area contributed by atoms with Gasteiger partial charge in [0.05, 0.1) is 24.7 Å². The van der Waals surface area contributed by atoms with E-state index in [4.69, 9.17) is 26.1 Å². The van der Waals surface area contributed by atoms with Gasteiger partial charge in [-0.3, -0.25) is 4.79 Å². The van der Waals surface area contributed by atoms with Crippen molar-refractivity contribution in [2.75, 3.05) is 25.2 Å². The van der Waals surface area contributed by atoms with E-state index in [1.54, 1.807) is 7.11 Å². The summed E-state index contributed by atoms with van der Waals surface area (Å²) >= 11 is 6.02. The van der Waals surface area contributed by atoms with Crippen LogP contribution in [-0.4, -0.2) is 35.7 Å². The highest BCUT2D eigenvalue weighted by Crippen LogP contribution is 2.33. The Bertz CT molecular complexity index is 1270. The third kappa shape index (κ3) is 4.39. The molecule has 4 aromatic rings. The Kier molecular flexibility index (Phi) is 5.92. The maximum atomic E-state index is 12.8. The molecule has 1 aliphatic heterocycles. The number of carbonyl (C=O) groups excluding carboxylic acids is 1. The fourth-order valence-electron chi connectivity index (χ4n) is 4.32. The van der Waals surface area contributed by atoms with Gasteiger partial charge in [-0.05, 0) is 60.7 Å². The molecule has 168 valence electrons. The number of fused-ring (bicyclic) bond motifs is 1. The Morgan fingerprint density at radius 3 is 2.48 bits per heavy atom. The van der Waals surface area contributed by atoms with Crippen molar-refractivity contribution in [2.24, 2.45) is 0 Å². The van der Waals surface area contributed by atoms with Crippen molar-refractivity contribution in [3.05, 3.63) is 83.6 Å². The summed E-state index contributed by atoms with van der Waals surface area (Å²) in [5.74, 6) is 2.59. The number of nitrogens with zero attached hydrogens (tertiary/aromatic N) is 3. The SMILES string of the molecule is COc1ccc(OCCn2c([C@H]3CC(=O)N(c4ccc(Cl)cc4)C3)nc3ccccc32)cc1. The predicted octanol–water partition coefficient (Wildman–Crippen LogP) is 5.30. The molecule has 33 heavy (non-hydrogen) atoms. The summed E-state index contributed by atoms with van der Waals surface area (Å²) in [6.07, 6.45) is 0.422. The predicted molar refractivity (Wildman–Crippen MR) is 129 cm³/mol. The van der Waals surface area contributed by atoms with Crippen LogP contribution in [0.3, 0.4) is 0 Å². The van der Waals surface area contributed by atoms with Gasteiger partial charge in [0.1, 0.15) is 23.9 Å².